The van der Waals surface area contributed by atoms with Crippen LogP contribution in [0.5, 0.6) is 0 Å². The number of rotatable bonds is 8. The molecule has 3 aromatic carbocycles. The van der Waals surface area contributed by atoms with Crippen molar-refractivity contribution in [3.8, 4) is 0 Å². The van der Waals surface area contributed by atoms with Gasteiger partial charge in [-0.15, -0.1) is 0 Å². The molecule has 4 aliphatic carbocycles. The Hall–Kier alpha value is -3.84. The maximum absolute atomic E-state index is 14.0. The van der Waals surface area contributed by atoms with Gasteiger partial charge in [-0.3, -0.25) is 9.59 Å². The van der Waals surface area contributed by atoms with Crippen LogP contribution in [0.4, 0.5) is 0 Å². The normalized spacial score (nSPS) is 32.7. The highest BCUT2D eigenvalue weighted by Crippen LogP contribution is 2.76. The van der Waals surface area contributed by atoms with Crippen molar-refractivity contribution in [2.75, 3.05) is 6.61 Å². The lowest BCUT2D eigenvalue weighted by Gasteiger charge is -2.50. The molecule has 7 rings (SSSR count). The van der Waals surface area contributed by atoms with Crippen molar-refractivity contribution in [3.63, 3.8) is 0 Å². The van der Waals surface area contributed by atoms with Crippen LogP contribution in [0.15, 0.2) is 114 Å². The van der Waals surface area contributed by atoms with Crippen LogP contribution in [0.2, 0.25) is 0 Å². The SMILES string of the molecule is CC1=C[C@H]2[C@@]3(O)[C@H](C)C[C@]4(OC(=O)[C@@H](C)C(C)(C)C)[C@H]([C@@H]3C=C(COC(c3ccccc3)(c3ccccc3)c3ccccc3)C[C@]2(O)C1=O)C4(C)C. The molecule has 6 nitrogen and oxygen atoms in total. The predicted octanol–water partition coefficient (Wildman–Crippen LogP) is 8.21. The van der Waals surface area contributed by atoms with E-state index in [4.69, 9.17) is 9.47 Å². The largest absolute Gasteiger partial charge is 0.458 e. The first kappa shape index (κ1) is 36.5. The van der Waals surface area contributed by atoms with Gasteiger partial charge >= 0.3 is 5.97 Å². The average Bonchev–Trinajstić information content (AvgIpc) is 3.52. The zero-order valence-corrected chi connectivity index (χ0v) is 31.9. The molecular weight excluding hydrogens is 649 g/mol. The molecule has 0 bridgehead atoms. The number of ketones is 1. The molecule has 0 aromatic heterocycles. The maximum Gasteiger partial charge on any atom is 0.309 e. The monoisotopic (exact) mass is 702 g/mol. The molecule has 6 heteroatoms. The van der Waals surface area contributed by atoms with Gasteiger partial charge in [0.2, 0.25) is 0 Å². The Labute approximate surface area is 309 Å². The Kier molecular flexibility index (Phi) is 8.68. The quantitative estimate of drug-likeness (QED) is 0.140. The van der Waals surface area contributed by atoms with Crippen LogP contribution >= 0.6 is 0 Å². The number of esters is 1. The molecule has 0 saturated heterocycles. The molecule has 2 N–H and O–H groups in total. The fourth-order valence-corrected chi connectivity index (χ4v) is 10.2. The average molecular weight is 703 g/mol. The van der Waals surface area contributed by atoms with E-state index in [-0.39, 0.29) is 42.0 Å². The first-order chi connectivity index (χ1) is 24.4. The fraction of sp³-hybridized carbons (Fsp3) is 0.478. The first-order valence-electron chi connectivity index (χ1n) is 18.9. The summed E-state index contributed by atoms with van der Waals surface area (Å²) in [4.78, 5) is 27.8. The van der Waals surface area contributed by atoms with Crippen molar-refractivity contribution in [1.29, 1.82) is 0 Å². The second-order valence-corrected chi connectivity index (χ2v) is 17.8. The maximum atomic E-state index is 14.0. The summed E-state index contributed by atoms with van der Waals surface area (Å²) in [7, 11) is 0. The summed E-state index contributed by atoms with van der Waals surface area (Å²) in [6.07, 6.45) is 4.32. The summed E-state index contributed by atoms with van der Waals surface area (Å²) in [5.41, 5.74) is -1.85. The van der Waals surface area contributed by atoms with Crippen LogP contribution in [0.25, 0.3) is 0 Å². The van der Waals surface area contributed by atoms with Crippen molar-refractivity contribution in [2.24, 2.45) is 40.4 Å². The standard InChI is InChI=1S/C46H54O6/c1-29-24-37-43(49,39(29)47)27-32(25-36-38-42(7,8)44(38,26-30(2)45(36,37)50)52-40(48)31(3)41(4,5)6)28-51-46(33-18-12-9-13-19-33,34-20-14-10-15-21-34)35-22-16-11-17-23-35/h9-25,30-31,36-38,49-50H,26-28H2,1-8H3/t30-,31-,36+,37-,38-,43-,44+,45-/m1/s1. The topological polar surface area (TPSA) is 93.1 Å². The van der Waals surface area contributed by atoms with Crippen LogP contribution < -0.4 is 0 Å². The molecule has 0 radical (unpaired) electrons. The fourth-order valence-electron chi connectivity index (χ4n) is 10.2. The Balaban J connectivity index is 1.36. The summed E-state index contributed by atoms with van der Waals surface area (Å²) < 4.78 is 13.9. The van der Waals surface area contributed by atoms with Crippen molar-refractivity contribution >= 4 is 11.8 Å². The minimum atomic E-state index is -1.84. The number of benzene rings is 3. The van der Waals surface area contributed by atoms with Gasteiger partial charge in [-0.05, 0) is 52.5 Å². The molecule has 8 atom stereocenters. The zero-order valence-electron chi connectivity index (χ0n) is 31.9. The number of hydrogen-bond donors (Lipinski definition) is 2. The number of hydrogen-bond acceptors (Lipinski definition) is 6. The lowest BCUT2D eigenvalue weighted by Crippen LogP contribution is -2.61. The highest BCUT2D eigenvalue weighted by atomic mass is 16.6. The van der Waals surface area contributed by atoms with Crippen LogP contribution in [-0.4, -0.2) is 45.4 Å². The number of Topliss-reactive ketones (excluding diaryl/α,β-unsaturated/α-hetero) is 1. The van der Waals surface area contributed by atoms with Gasteiger partial charge in [0.05, 0.1) is 18.1 Å². The molecule has 0 unspecified atom stereocenters. The minimum absolute atomic E-state index is 0.0192. The number of carbonyl (C=O) groups excluding carboxylic acids is 2. The molecule has 0 heterocycles. The molecule has 4 aliphatic rings. The second kappa shape index (κ2) is 12.4. The second-order valence-electron chi connectivity index (χ2n) is 17.8. The van der Waals surface area contributed by atoms with Crippen LogP contribution in [0, 0.1) is 40.4 Å². The van der Waals surface area contributed by atoms with E-state index in [0.29, 0.717) is 12.0 Å². The molecular formula is C46H54O6. The third-order valence-corrected chi connectivity index (χ3v) is 13.6. The highest BCUT2D eigenvalue weighted by molar-refractivity contribution is 6.04. The molecule has 2 fully saturated rings. The van der Waals surface area contributed by atoms with Gasteiger partial charge in [0.1, 0.15) is 16.8 Å². The van der Waals surface area contributed by atoms with Crippen LogP contribution in [0.1, 0.15) is 84.9 Å². The molecule has 0 spiro atoms. The summed E-state index contributed by atoms with van der Waals surface area (Å²) in [5.74, 6) is -2.90. The molecule has 52 heavy (non-hydrogen) atoms. The van der Waals surface area contributed by atoms with Gasteiger partial charge in [-0.25, -0.2) is 0 Å². The summed E-state index contributed by atoms with van der Waals surface area (Å²) in [6.45, 7) is 16.1. The highest BCUT2D eigenvalue weighted by Gasteiger charge is 2.83. The van der Waals surface area contributed by atoms with E-state index in [1.54, 1.807) is 13.0 Å². The van der Waals surface area contributed by atoms with E-state index in [1.807, 2.05) is 89.2 Å². The molecule has 2 saturated carbocycles. The van der Waals surface area contributed by atoms with E-state index < -0.39 is 45.6 Å². The van der Waals surface area contributed by atoms with Gasteiger partial charge in [0, 0.05) is 29.6 Å². The van der Waals surface area contributed by atoms with Gasteiger partial charge in [0.25, 0.3) is 0 Å². The molecule has 3 aromatic rings. The van der Waals surface area contributed by atoms with Gasteiger partial charge in [-0.2, -0.15) is 0 Å². The molecule has 0 aliphatic heterocycles. The number of ether oxygens (including phenoxy) is 2. The van der Waals surface area contributed by atoms with E-state index in [0.717, 1.165) is 22.3 Å². The third kappa shape index (κ3) is 5.23. The minimum Gasteiger partial charge on any atom is -0.458 e. The Morgan fingerprint density at radius 3 is 1.85 bits per heavy atom. The van der Waals surface area contributed by atoms with Crippen molar-refractivity contribution in [2.45, 2.75) is 90.6 Å². The number of aliphatic hydroxyl groups is 2. The third-order valence-electron chi connectivity index (χ3n) is 13.6. The summed E-state index contributed by atoms with van der Waals surface area (Å²) >= 11 is 0. The van der Waals surface area contributed by atoms with Crippen LogP contribution in [0.3, 0.4) is 0 Å². The van der Waals surface area contributed by atoms with E-state index in [9.17, 15) is 19.8 Å². The zero-order chi connectivity index (χ0) is 37.5. The van der Waals surface area contributed by atoms with Crippen molar-refractivity contribution in [3.05, 3.63) is 131 Å². The van der Waals surface area contributed by atoms with Crippen molar-refractivity contribution in [1.82, 2.24) is 0 Å². The Morgan fingerprint density at radius 2 is 1.37 bits per heavy atom. The predicted molar refractivity (Wildman–Crippen MR) is 202 cm³/mol. The van der Waals surface area contributed by atoms with E-state index in [1.165, 1.54) is 0 Å². The van der Waals surface area contributed by atoms with Gasteiger partial charge in [0.15, 0.2) is 5.78 Å². The van der Waals surface area contributed by atoms with E-state index in [2.05, 4.69) is 56.3 Å². The van der Waals surface area contributed by atoms with Crippen molar-refractivity contribution < 1.29 is 29.3 Å². The lowest BCUT2D eigenvalue weighted by molar-refractivity contribution is -0.190. The van der Waals surface area contributed by atoms with Gasteiger partial charge in [-0.1, -0.05) is 152 Å². The van der Waals surface area contributed by atoms with Crippen LogP contribution in [-0.2, 0) is 24.7 Å². The smallest absolute Gasteiger partial charge is 0.309 e. The Morgan fingerprint density at radius 1 is 0.865 bits per heavy atom. The molecule has 274 valence electrons. The summed E-state index contributed by atoms with van der Waals surface area (Å²) in [6, 6.07) is 30.4. The van der Waals surface area contributed by atoms with E-state index >= 15 is 0 Å². The number of carbonyl (C=O) groups is 2. The Bertz CT molecular complexity index is 1810. The van der Waals surface area contributed by atoms with Gasteiger partial charge < -0.3 is 19.7 Å². The first-order valence-corrected chi connectivity index (χ1v) is 18.9. The number of fused-ring (bicyclic) bond motifs is 5. The molecule has 0 amide bonds. The lowest BCUT2D eigenvalue weighted by atomic mass is 9.60. The summed E-state index contributed by atoms with van der Waals surface area (Å²) in [5, 5.41) is 25.7.